The van der Waals surface area contributed by atoms with Crippen LogP contribution in [0, 0.1) is 6.07 Å². The average molecular weight is 152 g/mol. The van der Waals surface area contributed by atoms with Gasteiger partial charge in [-0.3, -0.25) is 0 Å². The molecule has 0 unspecified atom stereocenters. The molecule has 0 atom stereocenters. The van der Waals surface area contributed by atoms with Crippen LogP contribution in [0.15, 0.2) is 24.3 Å². The van der Waals surface area contributed by atoms with Gasteiger partial charge >= 0.3 is 6.18 Å². The summed E-state index contributed by atoms with van der Waals surface area (Å²) in [6.07, 6.45) is -4.26. The van der Waals surface area contributed by atoms with Crippen LogP contribution in [-0.2, 0) is 6.18 Å². The minimum atomic E-state index is -4.26. The van der Waals surface area contributed by atoms with Crippen molar-refractivity contribution in [3.63, 3.8) is 0 Å². The van der Waals surface area contributed by atoms with Gasteiger partial charge in [0.25, 0.3) is 0 Å². The Kier molecular flexibility index (Phi) is 3.71. The molecule has 0 bridgehead atoms. The number of benzene rings is 1. The van der Waals surface area contributed by atoms with Crippen molar-refractivity contribution >= 4 is 18.9 Å². The molecule has 1 aromatic carbocycles. The summed E-state index contributed by atoms with van der Waals surface area (Å²) in [5, 5.41) is 0. The summed E-state index contributed by atoms with van der Waals surface area (Å²) in [4.78, 5) is 0. The van der Waals surface area contributed by atoms with Crippen molar-refractivity contribution in [1.29, 1.82) is 0 Å². The summed E-state index contributed by atoms with van der Waals surface area (Å²) in [5.74, 6) is 0. The predicted molar refractivity (Wildman–Crippen MR) is 36.0 cm³/mol. The third kappa shape index (κ3) is 3.00. The number of hydrogen-bond donors (Lipinski definition) is 0. The van der Waals surface area contributed by atoms with Crippen LogP contribution in [0.3, 0.4) is 0 Å². The number of halogens is 3. The van der Waals surface area contributed by atoms with Gasteiger partial charge in [-0.2, -0.15) is 13.2 Å². The molecule has 1 rings (SSSR count). The summed E-state index contributed by atoms with van der Waals surface area (Å²) >= 11 is 0. The molecule has 0 aliphatic heterocycles. The quantitative estimate of drug-likeness (QED) is 0.499. The second-order valence-electron chi connectivity index (χ2n) is 1.77. The molecule has 0 heterocycles. The maximum Gasteiger partial charge on any atom is 0.417 e. The van der Waals surface area contributed by atoms with Crippen molar-refractivity contribution < 1.29 is 13.2 Å². The minimum absolute atomic E-state index is 0. The zero-order chi connectivity index (χ0) is 7.61. The SMILES string of the molecule is FC(F)(F)c1[c]cccc1.[Li]. The Morgan fingerprint density at radius 1 is 1.18 bits per heavy atom. The molecule has 54 valence electrons. The number of alkyl halides is 3. The fourth-order valence-electron chi connectivity index (χ4n) is 0.570. The van der Waals surface area contributed by atoms with E-state index in [1.54, 1.807) is 0 Å². The van der Waals surface area contributed by atoms with Crippen LogP contribution in [0.5, 0.6) is 0 Å². The number of rotatable bonds is 0. The zero-order valence-electron chi connectivity index (χ0n) is 5.94. The summed E-state index contributed by atoms with van der Waals surface area (Å²) in [6.45, 7) is 0. The monoisotopic (exact) mass is 152 g/mol. The smallest absolute Gasteiger partial charge is 0.166 e. The fraction of sp³-hybridized carbons (Fsp3) is 0.143. The van der Waals surface area contributed by atoms with Gasteiger partial charge in [0, 0.05) is 18.9 Å². The van der Waals surface area contributed by atoms with Gasteiger partial charge < -0.3 is 0 Å². The molecule has 0 spiro atoms. The number of hydrogen-bond acceptors (Lipinski definition) is 0. The van der Waals surface area contributed by atoms with Crippen molar-refractivity contribution in [1.82, 2.24) is 0 Å². The first-order chi connectivity index (χ1) is 4.61. The standard InChI is InChI=1S/C7H4F3.Li/c8-7(9,10)6-4-2-1-3-5-6;/h1-4H;. The van der Waals surface area contributed by atoms with Crippen LogP contribution in [-0.4, -0.2) is 18.9 Å². The van der Waals surface area contributed by atoms with E-state index < -0.39 is 11.7 Å². The fourth-order valence-corrected chi connectivity index (χ4v) is 0.570. The second-order valence-corrected chi connectivity index (χ2v) is 1.77. The van der Waals surface area contributed by atoms with Gasteiger partial charge in [0.05, 0.1) is 5.56 Å². The van der Waals surface area contributed by atoms with E-state index in [9.17, 15) is 13.2 Å². The summed E-state index contributed by atoms with van der Waals surface area (Å²) < 4.78 is 35.3. The summed E-state index contributed by atoms with van der Waals surface area (Å²) in [5.41, 5.74) is -0.727. The molecule has 2 radical (unpaired) electrons. The van der Waals surface area contributed by atoms with Crippen molar-refractivity contribution in [3.05, 3.63) is 35.9 Å². The molecule has 0 nitrogen and oxygen atoms in total. The van der Waals surface area contributed by atoms with Gasteiger partial charge in [0.1, 0.15) is 0 Å². The first kappa shape index (κ1) is 10.6. The van der Waals surface area contributed by atoms with Gasteiger partial charge in [-0.1, -0.05) is 18.2 Å². The first-order valence-electron chi connectivity index (χ1n) is 2.64. The molecule has 0 aliphatic carbocycles. The van der Waals surface area contributed by atoms with E-state index in [1.807, 2.05) is 0 Å². The summed E-state index contributed by atoms with van der Waals surface area (Å²) in [7, 11) is 0. The van der Waals surface area contributed by atoms with Gasteiger partial charge in [0.2, 0.25) is 0 Å². The van der Waals surface area contributed by atoms with E-state index in [0.29, 0.717) is 0 Å². The minimum Gasteiger partial charge on any atom is -0.166 e. The van der Waals surface area contributed by atoms with Crippen LogP contribution in [0.1, 0.15) is 5.56 Å². The molecule has 11 heavy (non-hydrogen) atoms. The van der Waals surface area contributed by atoms with Gasteiger partial charge in [-0.05, 0) is 12.1 Å². The van der Waals surface area contributed by atoms with E-state index in [-0.39, 0.29) is 18.9 Å². The Balaban J connectivity index is 0.000001000. The molecule has 0 aliphatic rings. The topological polar surface area (TPSA) is 0 Å². The molecule has 0 N–H and O–H groups in total. The van der Waals surface area contributed by atoms with E-state index >= 15 is 0 Å². The summed E-state index contributed by atoms with van der Waals surface area (Å²) in [6, 6.07) is 7.14. The van der Waals surface area contributed by atoms with Gasteiger partial charge in [-0.25, -0.2) is 0 Å². The molecular formula is C7H4F3Li. The largest absolute Gasteiger partial charge is 0.417 e. The van der Waals surface area contributed by atoms with Crippen LogP contribution in [0.4, 0.5) is 13.2 Å². The first-order valence-corrected chi connectivity index (χ1v) is 2.64. The predicted octanol–water partition coefficient (Wildman–Crippen LogP) is 2.12. The Bertz CT molecular complexity index is 205. The Labute approximate surface area is 74.6 Å². The normalized spacial score (nSPS) is 10.5. The Hall–Kier alpha value is -0.393. The van der Waals surface area contributed by atoms with E-state index in [2.05, 4.69) is 6.07 Å². The third-order valence-corrected chi connectivity index (χ3v) is 1.01. The van der Waals surface area contributed by atoms with Crippen LogP contribution in [0.2, 0.25) is 0 Å². The van der Waals surface area contributed by atoms with Crippen molar-refractivity contribution in [3.8, 4) is 0 Å². The van der Waals surface area contributed by atoms with Crippen LogP contribution in [0.25, 0.3) is 0 Å². The van der Waals surface area contributed by atoms with E-state index in [1.165, 1.54) is 18.2 Å². The molecule has 0 saturated carbocycles. The molecule has 0 amide bonds. The maximum absolute atomic E-state index is 11.8. The Morgan fingerprint density at radius 2 is 1.82 bits per heavy atom. The molecular weight excluding hydrogens is 148 g/mol. The van der Waals surface area contributed by atoms with Crippen LogP contribution >= 0.6 is 0 Å². The molecule has 0 fully saturated rings. The van der Waals surface area contributed by atoms with Gasteiger partial charge in [-0.15, -0.1) is 0 Å². The zero-order valence-corrected chi connectivity index (χ0v) is 5.94. The van der Waals surface area contributed by atoms with E-state index in [4.69, 9.17) is 0 Å². The van der Waals surface area contributed by atoms with Gasteiger partial charge in [0.15, 0.2) is 0 Å². The second kappa shape index (κ2) is 3.84. The average Bonchev–Trinajstić information content (AvgIpc) is 1.88. The molecule has 1 aromatic rings. The Morgan fingerprint density at radius 3 is 2.09 bits per heavy atom. The molecule has 0 aromatic heterocycles. The third-order valence-electron chi connectivity index (χ3n) is 1.01. The van der Waals surface area contributed by atoms with Crippen molar-refractivity contribution in [2.24, 2.45) is 0 Å². The molecule has 0 saturated heterocycles. The van der Waals surface area contributed by atoms with Crippen LogP contribution < -0.4 is 0 Å². The van der Waals surface area contributed by atoms with Crippen molar-refractivity contribution in [2.75, 3.05) is 0 Å². The maximum atomic E-state index is 11.8. The van der Waals surface area contributed by atoms with Crippen molar-refractivity contribution in [2.45, 2.75) is 6.18 Å². The van der Waals surface area contributed by atoms with E-state index in [0.717, 1.165) is 6.07 Å². The molecule has 4 heteroatoms.